The number of hydrogen-bond donors (Lipinski definition) is 0. The standard InChI is InChI=1S/C10H6FNOS/c11-7-1-2-9-8(3-7)10-6(5-14-9)4-12-13-10/h1-4H,5H2. The van der Waals surface area contributed by atoms with Gasteiger partial charge in [0.25, 0.3) is 0 Å². The van der Waals surface area contributed by atoms with Crippen LogP contribution in [-0.2, 0) is 5.75 Å². The van der Waals surface area contributed by atoms with Gasteiger partial charge >= 0.3 is 0 Å². The Balaban J connectivity index is 2.28. The number of aromatic nitrogens is 1. The van der Waals surface area contributed by atoms with E-state index in [1.807, 2.05) is 0 Å². The van der Waals surface area contributed by atoms with Crippen LogP contribution in [0, 0.1) is 5.82 Å². The van der Waals surface area contributed by atoms with Gasteiger partial charge in [-0.15, -0.1) is 11.8 Å². The second kappa shape index (κ2) is 2.85. The average molecular weight is 207 g/mol. The molecule has 0 saturated carbocycles. The molecule has 4 heteroatoms. The summed E-state index contributed by atoms with van der Waals surface area (Å²) in [7, 11) is 0. The summed E-state index contributed by atoms with van der Waals surface area (Å²) >= 11 is 1.68. The summed E-state index contributed by atoms with van der Waals surface area (Å²) in [6, 6.07) is 4.74. The number of halogens is 1. The van der Waals surface area contributed by atoms with E-state index in [1.165, 1.54) is 12.1 Å². The Morgan fingerprint density at radius 3 is 3.29 bits per heavy atom. The maximum absolute atomic E-state index is 13.0. The number of rotatable bonds is 0. The highest BCUT2D eigenvalue weighted by atomic mass is 32.2. The molecule has 70 valence electrons. The molecule has 0 unspecified atom stereocenters. The van der Waals surface area contributed by atoms with E-state index >= 15 is 0 Å². The molecule has 1 aliphatic heterocycles. The summed E-state index contributed by atoms with van der Waals surface area (Å²) in [6.07, 6.45) is 1.69. The van der Waals surface area contributed by atoms with Gasteiger partial charge in [0.05, 0.1) is 6.20 Å². The van der Waals surface area contributed by atoms with Crippen molar-refractivity contribution in [3.8, 4) is 11.3 Å². The minimum absolute atomic E-state index is 0.242. The van der Waals surface area contributed by atoms with E-state index in [0.29, 0.717) is 5.76 Å². The first-order valence-electron chi connectivity index (χ1n) is 4.21. The third kappa shape index (κ3) is 1.07. The summed E-state index contributed by atoms with van der Waals surface area (Å²) in [5, 5.41) is 3.72. The first-order valence-corrected chi connectivity index (χ1v) is 5.19. The van der Waals surface area contributed by atoms with E-state index in [9.17, 15) is 4.39 Å². The van der Waals surface area contributed by atoms with Crippen molar-refractivity contribution >= 4 is 11.8 Å². The highest BCUT2D eigenvalue weighted by Gasteiger charge is 2.20. The fraction of sp³-hybridized carbons (Fsp3) is 0.100. The predicted octanol–water partition coefficient (Wildman–Crippen LogP) is 3.09. The summed E-state index contributed by atoms with van der Waals surface area (Å²) in [5.74, 6) is 1.31. The van der Waals surface area contributed by atoms with Crippen LogP contribution in [0.5, 0.6) is 0 Å². The number of benzene rings is 1. The topological polar surface area (TPSA) is 26.0 Å². The molecule has 2 nitrogen and oxygen atoms in total. The third-order valence-electron chi connectivity index (χ3n) is 2.21. The van der Waals surface area contributed by atoms with E-state index < -0.39 is 0 Å². The Kier molecular flexibility index (Phi) is 1.64. The summed E-state index contributed by atoms with van der Waals surface area (Å²) in [4.78, 5) is 1.05. The van der Waals surface area contributed by atoms with Crippen LogP contribution >= 0.6 is 11.8 Å². The number of fused-ring (bicyclic) bond motifs is 3. The zero-order valence-electron chi connectivity index (χ0n) is 7.16. The Hall–Kier alpha value is -1.29. The van der Waals surface area contributed by atoms with Crippen molar-refractivity contribution in [1.82, 2.24) is 5.16 Å². The lowest BCUT2D eigenvalue weighted by Crippen LogP contribution is -1.92. The van der Waals surface area contributed by atoms with Crippen molar-refractivity contribution < 1.29 is 8.91 Å². The normalized spacial score (nSPS) is 13.5. The molecule has 1 aromatic heterocycles. The highest BCUT2D eigenvalue weighted by Crippen LogP contribution is 2.41. The van der Waals surface area contributed by atoms with E-state index in [2.05, 4.69) is 5.16 Å². The smallest absolute Gasteiger partial charge is 0.172 e. The molecule has 1 aliphatic rings. The first-order chi connectivity index (χ1) is 6.84. The van der Waals surface area contributed by atoms with Gasteiger partial charge in [-0.2, -0.15) is 0 Å². The van der Waals surface area contributed by atoms with Gasteiger partial charge < -0.3 is 4.52 Å². The van der Waals surface area contributed by atoms with Gasteiger partial charge in [0.15, 0.2) is 5.76 Å². The molecule has 0 N–H and O–H groups in total. The van der Waals surface area contributed by atoms with Crippen LogP contribution in [-0.4, -0.2) is 5.16 Å². The minimum Gasteiger partial charge on any atom is -0.356 e. The lowest BCUT2D eigenvalue weighted by atomic mass is 10.1. The molecule has 0 fully saturated rings. The molecule has 0 aliphatic carbocycles. The molecule has 0 spiro atoms. The van der Waals surface area contributed by atoms with Crippen LogP contribution in [0.2, 0.25) is 0 Å². The molecule has 0 amide bonds. The lowest BCUT2D eigenvalue weighted by Gasteiger charge is -2.12. The Bertz CT molecular complexity index is 495. The number of hydrogen-bond acceptors (Lipinski definition) is 3. The van der Waals surface area contributed by atoms with Crippen LogP contribution in [0.15, 0.2) is 33.8 Å². The molecule has 0 radical (unpaired) electrons. The second-order valence-corrected chi connectivity index (χ2v) is 4.13. The lowest BCUT2D eigenvalue weighted by molar-refractivity contribution is 0.430. The third-order valence-corrected chi connectivity index (χ3v) is 3.34. The first kappa shape index (κ1) is 8.05. The minimum atomic E-state index is -0.242. The van der Waals surface area contributed by atoms with Crippen LogP contribution in [0.25, 0.3) is 11.3 Å². The van der Waals surface area contributed by atoms with Gasteiger partial charge in [-0.05, 0) is 18.2 Å². The van der Waals surface area contributed by atoms with Gasteiger partial charge in [0.1, 0.15) is 5.82 Å². The Morgan fingerprint density at radius 2 is 2.36 bits per heavy atom. The average Bonchev–Trinajstić information content (AvgIpc) is 2.65. The molecule has 14 heavy (non-hydrogen) atoms. The Labute approximate surface area is 84.1 Å². The van der Waals surface area contributed by atoms with Gasteiger partial charge in [-0.3, -0.25) is 0 Å². The van der Waals surface area contributed by atoms with E-state index in [4.69, 9.17) is 4.52 Å². The van der Waals surface area contributed by atoms with Crippen LogP contribution < -0.4 is 0 Å². The molecule has 0 saturated heterocycles. The molecule has 2 aromatic rings. The molecule has 0 bridgehead atoms. The van der Waals surface area contributed by atoms with Gasteiger partial charge in [0, 0.05) is 21.8 Å². The van der Waals surface area contributed by atoms with Gasteiger partial charge in [-0.1, -0.05) is 5.16 Å². The number of thioether (sulfide) groups is 1. The predicted molar refractivity (Wildman–Crippen MR) is 51.5 cm³/mol. The van der Waals surface area contributed by atoms with Crippen LogP contribution in [0.1, 0.15) is 5.56 Å². The van der Waals surface area contributed by atoms with Gasteiger partial charge in [-0.25, -0.2) is 4.39 Å². The highest BCUT2D eigenvalue weighted by molar-refractivity contribution is 7.98. The fourth-order valence-corrected chi connectivity index (χ4v) is 2.53. The van der Waals surface area contributed by atoms with Crippen molar-refractivity contribution in [2.45, 2.75) is 10.6 Å². The Morgan fingerprint density at radius 1 is 1.43 bits per heavy atom. The summed E-state index contributed by atoms with van der Waals surface area (Å²) in [6.45, 7) is 0. The quantitative estimate of drug-likeness (QED) is 0.664. The van der Waals surface area contributed by atoms with E-state index in [1.54, 1.807) is 24.0 Å². The monoisotopic (exact) mass is 207 g/mol. The molecule has 2 heterocycles. The zero-order valence-corrected chi connectivity index (χ0v) is 7.97. The SMILES string of the molecule is Fc1ccc2c(c1)-c1oncc1CS2. The molecular formula is C10H6FNOS. The van der Waals surface area contributed by atoms with Gasteiger partial charge in [0.2, 0.25) is 0 Å². The van der Waals surface area contributed by atoms with Crippen LogP contribution in [0.3, 0.4) is 0 Å². The fourth-order valence-electron chi connectivity index (χ4n) is 1.55. The molecule has 3 rings (SSSR count). The molecule has 0 atom stereocenters. The largest absolute Gasteiger partial charge is 0.356 e. The van der Waals surface area contributed by atoms with Crippen molar-refractivity contribution in [3.63, 3.8) is 0 Å². The van der Waals surface area contributed by atoms with E-state index in [-0.39, 0.29) is 5.82 Å². The second-order valence-electron chi connectivity index (χ2n) is 3.11. The maximum atomic E-state index is 13.0. The van der Waals surface area contributed by atoms with Crippen molar-refractivity contribution in [2.75, 3.05) is 0 Å². The van der Waals surface area contributed by atoms with Crippen molar-refractivity contribution in [1.29, 1.82) is 0 Å². The summed E-state index contributed by atoms with van der Waals surface area (Å²) < 4.78 is 18.1. The van der Waals surface area contributed by atoms with Crippen molar-refractivity contribution in [3.05, 3.63) is 35.8 Å². The zero-order chi connectivity index (χ0) is 9.54. The molecular weight excluding hydrogens is 201 g/mol. The molecule has 1 aromatic carbocycles. The van der Waals surface area contributed by atoms with Crippen molar-refractivity contribution in [2.24, 2.45) is 0 Å². The maximum Gasteiger partial charge on any atom is 0.172 e. The van der Waals surface area contributed by atoms with Crippen LogP contribution in [0.4, 0.5) is 4.39 Å². The summed E-state index contributed by atoms with van der Waals surface area (Å²) in [5.41, 5.74) is 1.85. The number of nitrogens with zero attached hydrogens (tertiary/aromatic N) is 1. The van der Waals surface area contributed by atoms with E-state index in [0.717, 1.165) is 21.8 Å².